The maximum atomic E-state index is 14.4. The average Bonchev–Trinajstić information content (AvgIpc) is 2.53. The molecule has 25 heavy (non-hydrogen) atoms. The van der Waals surface area contributed by atoms with Crippen molar-refractivity contribution in [2.75, 3.05) is 0 Å². The molecule has 0 fully saturated rings. The van der Waals surface area contributed by atoms with Gasteiger partial charge in [0.05, 0.1) is 0 Å². The van der Waals surface area contributed by atoms with E-state index >= 15 is 0 Å². The standard InChI is InChI=1S/C20H18F4O/c1-2-3-13-4-9-18(19(21)10-13)16-6-5-15-12-17(25-20(22,23)24)8-7-14(15)11-16/h4,6-10,12H,2-3,5,11H2,1H3. The first kappa shape index (κ1) is 17.5. The highest BCUT2D eigenvalue weighted by atomic mass is 19.4. The van der Waals surface area contributed by atoms with E-state index in [9.17, 15) is 17.6 Å². The van der Waals surface area contributed by atoms with Crippen molar-refractivity contribution in [1.82, 2.24) is 0 Å². The number of rotatable bonds is 4. The van der Waals surface area contributed by atoms with Crippen molar-refractivity contribution < 1.29 is 22.3 Å². The minimum absolute atomic E-state index is 0.224. The van der Waals surface area contributed by atoms with Crippen LogP contribution in [0.25, 0.3) is 5.57 Å². The van der Waals surface area contributed by atoms with Gasteiger partial charge in [0.25, 0.3) is 0 Å². The van der Waals surface area contributed by atoms with Crippen molar-refractivity contribution in [3.63, 3.8) is 0 Å². The summed E-state index contributed by atoms with van der Waals surface area (Å²) in [7, 11) is 0. The molecule has 0 spiro atoms. The van der Waals surface area contributed by atoms with Crippen LogP contribution in [0.1, 0.15) is 35.6 Å². The third-order valence-electron chi connectivity index (χ3n) is 4.28. The first-order chi connectivity index (χ1) is 11.9. The molecule has 1 nitrogen and oxygen atoms in total. The number of aryl methyl sites for hydroxylation is 1. The summed E-state index contributed by atoms with van der Waals surface area (Å²) < 4.78 is 55.3. The SMILES string of the molecule is CCCc1ccc(C2=CCc3cc(OC(F)(F)F)ccc3C2)c(F)c1. The zero-order chi connectivity index (χ0) is 18.0. The number of ether oxygens (including phenoxy) is 1. The van der Waals surface area contributed by atoms with Crippen molar-refractivity contribution in [3.8, 4) is 5.75 Å². The van der Waals surface area contributed by atoms with Crippen molar-refractivity contribution in [2.24, 2.45) is 0 Å². The normalized spacial score (nSPS) is 14.0. The second-order valence-electron chi connectivity index (χ2n) is 6.15. The molecule has 3 rings (SSSR count). The molecular formula is C20H18F4O. The molecule has 132 valence electrons. The maximum absolute atomic E-state index is 14.4. The van der Waals surface area contributed by atoms with E-state index in [-0.39, 0.29) is 11.6 Å². The van der Waals surface area contributed by atoms with Gasteiger partial charge in [-0.05, 0) is 59.7 Å². The van der Waals surface area contributed by atoms with Crippen LogP contribution >= 0.6 is 0 Å². The minimum atomic E-state index is -4.70. The topological polar surface area (TPSA) is 9.23 Å². The van der Waals surface area contributed by atoms with Crippen LogP contribution in [0.15, 0.2) is 42.5 Å². The first-order valence-corrected chi connectivity index (χ1v) is 8.21. The van der Waals surface area contributed by atoms with Crippen molar-refractivity contribution in [3.05, 3.63) is 70.5 Å². The highest BCUT2D eigenvalue weighted by molar-refractivity contribution is 5.71. The zero-order valence-corrected chi connectivity index (χ0v) is 13.8. The molecular weight excluding hydrogens is 332 g/mol. The van der Waals surface area contributed by atoms with Crippen LogP contribution in [0, 0.1) is 5.82 Å². The lowest BCUT2D eigenvalue weighted by Gasteiger charge is -2.19. The van der Waals surface area contributed by atoms with E-state index in [0.717, 1.165) is 35.1 Å². The van der Waals surface area contributed by atoms with Gasteiger partial charge in [0.2, 0.25) is 0 Å². The second-order valence-corrected chi connectivity index (χ2v) is 6.15. The quantitative estimate of drug-likeness (QED) is 0.628. The number of halogens is 4. The Kier molecular flexibility index (Phi) is 4.84. The molecule has 5 heteroatoms. The van der Waals surface area contributed by atoms with Gasteiger partial charge in [-0.15, -0.1) is 13.2 Å². The van der Waals surface area contributed by atoms with Crippen molar-refractivity contribution >= 4 is 5.57 Å². The van der Waals surface area contributed by atoms with Gasteiger partial charge in [0.15, 0.2) is 0 Å². The summed E-state index contributed by atoms with van der Waals surface area (Å²) in [5, 5.41) is 0. The van der Waals surface area contributed by atoms with E-state index in [2.05, 4.69) is 4.74 Å². The van der Waals surface area contributed by atoms with E-state index in [0.29, 0.717) is 18.4 Å². The second kappa shape index (κ2) is 6.90. The molecule has 0 saturated heterocycles. The van der Waals surface area contributed by atoms with Gasteiger partial charge >= 0.3 is 6.36 Å². The Morgan fingerprint density at radius 2 is 1.84 bits per heavy atom. The Bertz CT molecular complexity index is 806. The summed E-state index contributed by atoms with van der Waals surface area (Å²) in [5.41, 5.74) is 4.05. The lowest BCUT2D eigenvalue weighted by Crippen LogP contribution is -2.17. The van der Waals surface area contributed by atoms with Crippen LogP contribution in [-0.4, -0.2) is 6.36 Å². The number of alkyl halides is 3. The van der Waals surface area contributed by atoms with Crippen molar-refractivity contribution in [2.45, 2.75) is 39.0 Å². The van der Waals surface area contributed by atoms with Gasteiger partial charge in [-0.1, -0.05) is 37.6 Å². The largest absolute Gasteiger partial charge is 0.573 e. The van der Waals surface area contributed by atoms with Crippen LogP contribution in [0.3, 0.4) is 0 Å². The van der Waals surface area contributed by atoms with E-state index in [4.69, 9.17) is 0 Å². The van der Waals surface area contributed by atoms with Gasteiger partial charge < -0.3 is 4.74 Å². The Labute approximate surface area is 143 Å². The van der Waals surface area contributed by atoms with E-state index < -0.39 is 6.36 Å². The third-order valence-corrected chi connectivity index (χ3v) is 4.28. The number of fused-ring (bicyclic) bond motifs is 1. The fourth-order valence-electron chi connectivity index (χ4n) is 3.14. The highest BCUT2D eigenvalue weighted by Gasteiger charge is 2.31. The Morgan fingerprint density at radius 3 is 2.52 bits per heavy atom. The monoisotopic (exact) mass is 350 g/mol. The Hall–Kier alpha value is -2.30. The molecule has 1 aliphatic carbocycles. The van der Waals surface area contributed by atoms with Gasteiger partial charge in [0, 0.05) is 5.56 Å². The zero-order valence-electron chi connectivity index (χ0n) is 13.8. The molecule has 0 unspecified atom stereocenters. The summed E-state index contributed by atoms with van der Waals surface area (Å²) in [6.07, 6.45) is -0.0926. The molecule has 2 aromatic carbocycles. The summed E-state index contributed by atoms with van der Waals surface area (Å²) >= 11 is 0. The van der Waals surface area contributed by atoms with Crippen LogP contribution < -0.4 is 4.74 Å². The molecule has 0 saturated carbocycles. The summed E-state index contributed by atoms with van der Waals surface area (Å²) in [6, 6.07) is 9.60. The maximum Gasteiger partial charge on any atom is 0.573 e. The average molecular weight is 350 g/mol. The lowest BCUT2D eigenvalue weighted by molar-refractivity contribution is -0.274. The fraction of sp³-hybridized carbons (Fsp3) is 0.300. The van der Waals surface area contributed by atoms with Crippen LogP contribution in [0.2, 0.25) is 0 Å². The van der Waals surface area contributed by atoms with E-state index in [1.54, 1.807) is 18.2 Å². The van der Waals surface area contributed by atoms with Crippen molar-refractivity contribution in [1.29, 1.82) is 0 Å². The molecule has 0 radical (unpaired) electrons. The molecule has 0 atom stereocenters. The van der Waals surface area contributed by atoms with Gasteiger partial charge in [0.1, 0.15) is 11.6 Å². The highest BCUT2D eigenvalue weighted by Crippen LogP contribution is 2.32. The van der Waals surface area contributed by atoms with Gasteiger partial charge in [-0.25, -0.2) is 4.39 Å². The molecule has 0 bridgehead atoms. The Morgan fingerprint density at radius 1 is 1.04 bits per heavy atom. The predicted molar refractivity (Wildman–Crippen MR) is 88.9 cm³/mol. The fourth-order valence-corrected chi connectivity index (χ4v) is 3.14. The van der Waals surface area contributed by atoms with Gasteiger partial charge in [-0.3, -0.25) is 0 Å². The summed E-state index contributed by atoms with van der Waals surface area (Å²) in [5.74, 6) is -0.476. The van der Waals surface area contributed by atoms with E-state index in [1.165, 1.54) is 12.1 Å². The lowest BCUT2D eigenvalue weighted by atomic mass is 9.87. The molecule has 1 aliphatic rings. The summed E-state index contributed by atoms with van der Waals surface area (Å²) in [6.45, 7) is 2.04. The Balaban J connectivity index is 1.81. The van der Waals surface area contributed by atoms with E-state index in [1.807, 2.05) is 19.1 Å². The molecule has 0 heterocycles. The molecule has 0 amide bonds. The number of allylic oxidation sites excluding steroid dienone is 2. The smallest absolute Gasteiger partial charge is 0.406 e. The number of hydrogen-bond donors (Lipinski definition) is 0. The molecule has 0 N–H and O–H groups in total. The van der Waals surface area contributed by atoms with Gasteiger partial charge in [-0.2, -0.15) is 0 Å². The molecule has 0 aromatic heterocycles. The molecule has 2 aromatic rings. The number of benzene rings is 2. The summed E-state index contributed by atoms with van der Waals surface area (Å²) in [4.78, 5) is 0. The number of hydrogen-bond acceptors (Lipinski definition) is 1. The third kappa shape index (κ3) is 4.21. The predicted octanol–water partition coefficient (Wildman–Crippen LogP) is 5.86. The van der Waals surface area contributed by atoms with Crippen LogP contribution in [0.4, 0.5) is 17.6 Å². The minimum Gasteiger partial charge on any atom is -0.406 e. The molecule has 0 aliphatic heterocycles. The van der Waals surface area contributed by atoms with Crippen LogP contribution in [-0.2, 0) is 19.3 Å². The van der Waals surface area contributed by atoms with Crippen LogP contribution in [0.5, 0.6) is 5.75 Å². The first-order valence-electron chi connectivity index (χ1n) is 8.21.